The molecule has 1 unspecified atom stereocenters. The zero-order chi connectivity index (χ0) is 13.9. The molecule has 1 fully saturated rings. The lowest BCUT2D eigenvalue weighted by Crippen LogP contribution is -2.47. The molecule has 1 atom stereocenters. The molecule has 1 aliphatic rings. The summed E-state index contributed by atoms with van der Waals surface area (Å²) in [6.45, 7) is 5.07. The number of fused-ring (bicyclic) bond motifs is 1. The first-order valence-corrected chi connectivity index (χ1v) is 7.25. The molecule has 0 saturated carbocycles. The van der Waals surface area contributed by atoms with E-state index in [9.17, 15) is 0 Å². The van der Waals surface area contributed by atoms with Crippen LogP contribution in [-0.2, 0) is 0 Å². The van der Waals surface area contributed by atoms with Crippen molar-refractivity contribution in [2.24, 2.45) is 5.73 Å². The number of hydrogen-bond donors (Lipinski definition) is 1. The van der Waals surface area contributed by atoms with Crippen molar-refractivity contribution in [2.75, 3.05) is 39.8 Å². The van der Waals surface area contributed by atoms with E-state index in [1.165, 1.54) is 10.9 Å². The number of rotatable bonds is 3. The summed E-state index contributed by atoms with van der Waals surface area (Å²) in [5.74, 6) is 0. The Morgan fingerprint density at radius 2 is 2.00 bits per heavy atom. The first-order valence-electron chi connectivity index (χ1n) is 7.25. The van der Waals surface area contributed by atoms with E-state index in [0.717, 1.165) is 31.7 Å². The lowest BCUT2D eigenvalue weighted by atomic mass is 10.0. The second-order valence-corrected chi connectivity index (χ2v) is 5.55. The van der Waals surface area contributed by atoms with Gasteiger partial charge >= 0.3 is 0 Å². The van der Waals surface area contributed by atoms with Crippen LogP contribution in [0.4, 0.5) is 0 Å². The number of benzene rings is 1. The Bertz CT molecular complexity index is 575. The van der Waals surface area contributed by atoms with Gasteiger partial charge in [0.2, 0.25) is 0 Å². The van der Waals surface area contributed by atoms with Crippen LogP contribution < -0.4 is 5.73 Å². The second-order valence-electron chi connectivity index (χ2n) is 5.55. The number of aromatic nitrogens is 1. The standard InChI is InChI=1S/C16H22N4/c1-19-7-9-20(10-8-19)16(12-17)14-4-5-15-13(11-14)3-2-6-18-15/h2-6,11,16H,7-10,12,17H2,1H3. The van der Waals surface area contributed by atoms with Gasteiger partial charge in [0, 0.05) is 50.3 Å². The van der Waals surface area contributed by atoms with E-state index in [-0.39, 0.29) is 0 Å². The predicted molar refractivity (Wildman–Crippen MR) is 82.6 cm³/mol. The van der Waals surface area contributed by atoms with E-state index in [1.807, 2.05) is 12.3 Å². The maximum Gasteiger partial charge on any atom is 0.0702 e. The van der Waals surface area contributed by atoms with E-state index in [4.69, 9.17) is 5.73 Å². The smallest absolute Gasteiger partial charge is 0.0702 e. The molecule has 1 aromatic carbocycles. The number of piperazine rings is 1. The first-order chi connectivity index (χ1) is 9.78. The van der Waals surface area contributed by atoms with Crippen molar-refractivity contribution in [3.05, 3.63) is 42.1 Å². The third kappa shape index (κ3) is 2.68. The lowest BCUT2D eigenvalue weighted by Gasteiger charge is -2.37. The van der Waals surface area contributed by atoms with Gasteiger partial charge in [-0.3, -0.25) is 9.88 Å². The van der Waals surface area contributed by atoms with Gasteiger partial charge in [0.15, 0.2) is 0 Å². The molecule has 2 heterocycles. The van der Waals surface area contributed by atoms with Crippen molar-refractivity contribution in [3.63, 3.8) is 0 Å². The van der Waals surface area contributed by atoms with Gasteiger partial charge in [0.25, 0.3) is 0 Å². The second kappa shape index (κ2) is 5.87. The molecule has 4 heteroatoms. The van der Waals surface area contributed by atoms with Crippen LogP contribution in [0.3, 0.4) is 0 Å². The zero-order valence-corrected chi connectivity index (χ0v) is 12.0. The Morgan fingerprint density at radius 3 is 2.75 bits per heavy atom. The summed E-state index contributed by atoms with van der Waals surface area (Å²) >= 11 is 0. The topological polar surface area (TPSA) is 45.4 Å². The maximum atomic E-state index is 6.04. The van der Waals surface area contributed by atoms with Gasteiger partial charge in [-0.1, -0.05) is 12.1 Å². The van der Waals surface area contributed by atoms with Crippen LogP contribution in [0.2, 0.25) is 0 Å². The molecule has 2 N–H and O–H groups in total. The molecule has 1 aliphatic heterocycles. The molecule has 0 radical (unpaired) electrons. The molecule has 0 aliphatic carbocycles. The summed E-state index contributed by atoms with van der Waals surface area (Å²) in [5, 5.41) is 1.19. The van der Waals surface area contributed by atoms with Crippen molar-refractivity contribution in [2.45, 2.75) is 6.04 Å². The van der Waals surface area contributed by atoms with Crippen LogP contribution >= 0.6 is 0 Å². The van der Waals surface area contributed by atoms with E-state index in [1.54, 1.807) is 0 Å². The molecule has 2 aromatic rings. The van der Waals surface area contributed by atoms with E-state index in [2.05, 4.69) is 46.1 Å². The molecular weight excluding hydrogens is 248 g/mol. The van der Waals surface area contributed by atoms with Crippen molar-refractivity contribution >= 4 is 10.9 Å². The van der Waals surface area contributed by atoms with Crippen molar-refractivity contribution in [1.29, 1.82) is 0 Å². The molecular formula is C16H22N4. The van der Waals surface area contributed by atoms with Crippen LogP contribution in [0.25, 0.3) is 10.9 Å². The van der Waals surface area contributed by atoms with Crippen LogP contribution in [0.15, 0.2) is 36.5 Å². The summed E-state index contributed by atoms with van der Waals surface area (Å²) in [6, 6.07) is 10.9. The highest BCUT2D eigenvalue weighted by atomic mass is 15.3. The summed E-state index contributed by atoms with van der Waals surface area (Å²) in [6.07, 6.45) is 1.84. The Kier molecular flexibility index (Phi) is 3.96. The Labute approximate surface area is 120 Å². The molecule has 1 saturated heterocycles. The third-order valence-corrected chi connectivity index (χ3v) is 4.21. The van der Waals surface area contributed by atoms with Crippen molar-refractivity contribution in [3.8, 4) is 0 Å². The molecule has 0 bridgehead atoms. The fourth-order valence-electron chi connectivity index (χ4n) is 2.93. The number of pyridine rings is 1. The molecule has 0 amide bonds. The fourth-order valence-corrected chi connectivity index (χ4v) is 2.93. The van der Waals surface area contributed by atoms with Gasteiger partial charge in [0.1, 0.15) is 0 Å². The highest BCUT2D eigenvalue weighted by molar-refractivity contribution is 5.79. The molecule has 3 rings (SSSR count). The SMILES string of the molecule is CN1CCN(C(CN)c2ccc3ncccc3c2)CC1. The fraction of sp³-hybridized carbons (Fsp3) is 0.438. The molecule has 1 aromatic heterocycles. The average molecular weight is 270 g/mol. The molecule has 4 nitrogen and oxygen atoms in total. The van der Waals surface area contributed by atoms with Gasteiger partial charge in [-0.15, -0.1) is 0 Å². The Hall–Kier alpha value is -1.49. The van der Waals surface area contributed by atoms with E-state index >= 15 is 0 Å². The summed E-state index contributed by atoms with van der Waals surface area (Å²) in [7, 11) is 2.18. The highest BCUT2D eigenvalue weighted by Crippen LogP contribution is 2.24. The number of nitrogens with two attached hydrogens (primary N) is 1. The maximum absolute atomic E-state index is 6.04. The lowest BCUT2D eigenvalue weighted by molar-refractivity contribution is 0.114. The summed E-state index contributed by atoms with van der Waals surface area (Å²) in [4.78, 5) is 9.25. The Balaban J connectivity index is 1.87. The van der Waals surface area contributed by atoms with Crippen LogP contribution in [-0.4, -0.2) is 54.6 Å². The van der Waals surface area contributed by atoms with Crippen LogP contribution in [0.5, 0.6) is 0 Å². The average Bonchev–Trinajstić information content (AvgIpc) is 2.50. The first kappa shape index (κ1) is 13.5. The zero-order valence-electron chi connectivity index (χ0n) is 12.0. The molecule has 0 spiro atoms. The minimum absolute atomic E-state index is 0.313. The van der Waals surface area contributed by atoms with Gasteiger partial charge in [-0.2, -0.15) is 0 Å². The van der Waals surface area contributed by atoms with Gasteiger partial charge in [-0.25, -0.2) is 0 Å². The van der Waals surface area contributed by atoms with Crippen molar-refractivity contribution < 1.29 is 0 Å². The molecule has 106 valence electrons. The third-order valence-electron chi connectivity index (χ3n) is 4.21. The van der Waals surface area contributed by atoms with Gasteiger partial charge in [-0.05, 0) is 30.8 Å². The quantitative estimate of drug-likeness (QED) is 0.917. The summed E-state index contributed by atoms with van der Waals surface area (Å²) < 4.78 is 0. The Morgan fingerprint density at radius 1 is 1.20 bits per heavy atom. The largest absolute Gasteiger partial charge is 0.329 e. The monoisotopic (exact) mass is 270 g/mol. The normalized spacial score (nSPS) is 19.3. The van der Waals surface area contributed by atoms with Gasteiger partial charge < -0.3 is 10.6 Å². The summed E-state index contributed by atoms with van der Waals surface area (Å²) in [5.41, 5.74) is 8.39. The molecule has 20 heavy (non-hydrogen) atoms. The van der Waals surface area contributed by atoms with Crippen LogP contribution in [0.1, 0.15) is 11.6 Å². The van der Waals surface area contributed by atoms with E-state index < -0.39 is 0 Å². The highest BCUT2D eigenvalue weighted by Gasteiger charge is 2.22. The van der Waals surface area contributed by atoms with E-state index in [0.29, 0.717) is 12.6 Å². The number of nitrogens with zero attached hydrogens (tertiary/aromatic N) is 3. The number of likely N-dealkylation sites (N-methyl/N-ethyl adjacent to an activating group) is 1. The number of hydrogen-bond acceptors (Lipinski definition) is 4. The predicted octanol–water partition coefficient (Wildman–Crippen LogP) is 1.48. The van der Waals surface area contributed by atoms with Crippen LogP contribution in [0, 0.1) is 0 Å². The minimum Gasteiger partial charge on any atom is -0.329 e. The van der Waals surface area contributed by atoms with Gasteiger partial charge in [0.05, 0.1) is 5.52 Å². The minimum atomic E-state index is 0.313. The van der Waals surface area contributed by atoms with Crippen molar-refractivity contribution in [1.82, 2.24) is 14.8 Å².